The summed E-state index contributed by atoms with van der Waals surface area (Å²) in [6, 6.07) is 0. The van der Waals surface area contributed by atoms with Gasteiger partial charge in [-0.05, 0) is 13.0 Å². The maximum absolute atomic E-state index is 3.21. The van der Waals surface area contributed by atoms with E-state index in [-0.39, 0.29) is 29.6 Å². The van der Waals surface area contributed by atoms with Crippen molar-refractivity contribution < 1.29 is 29.6 Å². The molecule has 0 aromatic carbocycles. The molecule has 3 heteroatoms. The van der Waals surface area contributed by atoms with Crippen LogP contribution in [0.5, 0.6) is 0 Å². The van der Waals surface area contributed by atoms with Crippen LogP contribution in [-0.4, -0.2) is 14.0 Å². The summed E-state index contributed by atoms with van der Waals surface area (Å²) in [5, 5.41) is 3.21. The molecular weight excluding hydrogens is 120 g/mol. The van der Waals surface area contributed by atoms with Crippen molar-refractivity contribution in [1.29, 1.82) is 0 Å². The molecule has 0 saturated heterocycles. The second kappa shape index (κ2) is 11.8. The van der Waals surface area contributed by atoms with Crippen LogP contribution in [0.15, 0.2) is 0 Å². The Balaban J connectivity index is 0. The van der Waals surface area contributed by atoms with E-state index in [1.165, 1.54) is 12.8 Å². The Bertz CT molecular complexity index is 38.0. The molecule has 48 valence electrons. The minimum Gasteiger partial charge on any atom is -0.555 e. The third-order valence-corrected chi connectivity index (χ3v) is 1.02. The largest absolute Gasteiger partial charge is 1.00 e. The van der Waals surface area contributed by atoms with E-state index in [0.29, 0.717) is 0 Å². The molecule has 0 unspecified atom stereocenters. The zero-order chi connectivity index (χ0) is 6.24. The molecule has 0 aliphatic rings. The van der Waals surface area contributed by atoms with Gasteiger partial charge in [0.05, 0.1) is 0 Å². The first-order chi connectivity index (χ1) is 3.91. The maximum Gasteiger partial charge on any atom is 1.00 e. The van der Waals surface area contributed by atoms with Crippen molar-refractivity contribution in [3.8, 4) is 0 Å². The Labute approximate surface area is 81.5 Å². The molecule has 0 aromatic rings. The molecule has 2 radical (unpaired) electrons. The van der Waals surface area contributed by atoms with Gasteiger partial charge in [0.1, 0.15) is 0 Å². The molecular formula is C6H15BNNa. The topological polar surface area (TPSA) is 12.0 Å². The van der Waals surface area contributed by atoms with Gasteiger partial charge in [-0.25, -0.2) is 13.7 Å². The fraction of sp³-hybridized carbons (Fsp3) is 1.00. The fourth-order valence-corrected chi connectivity index (χ4v) is 0.525. The van der Waals surface area contributed by atoms with Crippen LogP contribution in [0, 0.1) is 0 Å². The molecule has 0 spiro atoms. The van der Waals surface area contributed by atoms with Crippen LogP contribution in [-0.2, 0) is 0 Å². The van der Waals surface area contributed by atoms with Gasteiger partial charge in [0.25, 0.3) is 0 Å². The first-order valence-corrected chi connectivity index (χ1v) is 3.46. The Kier molecular flexibility index (Phi) is 16.6. The Morgan fingerprint density at radius 3 is 2.44 bits per heavy atom. The van der Waals surface area contributed by atoms with Crippen LogP contribution in [0.25, 0.3) is 0 Å². The van der Waals surface area contributed by atoms with E-state index >= 15 is 0 Å². The van der Waals surface area contributed by atoms with Crippen molar-refractivity contribution in [2.24, 2.45) is 0 Å². The van der Waals surface area contributed by atoms with Crippen LogP contribution in [0.1, 0.15) is 26.7 Å². The molecule has 0 atom stereocenters. The van der Waals surface area contributed by atoms with Crippen molar-refractivity contribution in [1.82, 2.24) is 5.23 Å². The zero-order valence-corrected chi connectivity index (χ0v) is 8.91. The summed E-state index contributed by atoms with van der Waals surface area (Å²) < 4.78 is 0. The van der Waals surface area contributed by atoms with Gasteiger partial charge in [-0.2, -0.15) is 0 Å². The van der Waals surface area contributed by atoms with Crippen molar-refractivity contribution >= 4 is 7.41 Å². The molecule has 0 saturated carbocycles. The number of unbranched alkanes of at least 4 members (excludes halogenated alkanes) is 1. The smallest absolute Gasteiger partial charge is 0.555 e. The third kappa shape index (κ3) is 12.3. The normalized spacial score (nSPS) is 8.67. The SMILES string of the molecule is CC[B-]NCCCC.[Na+]. The van der Waals surface area contributed by atoms with E-state index in [9.17, 15) is 0 Å². The Morgan fingerprint density at radius 2 is 2.00 bits per heavy atom. The third-order valence-electron chi connectivity index (χ3n) is 1.02. The van der Waals surface area contributed by atoms with Gasteiger partial charge in [0.15, 0.2) is 0 Å². The van der Waals surface area contributed by atoms with Crippen LogP contribution in [0.4, 0.5) is 0 Å². The van der Waals surface area contributed by atoms with E-state index in [4.69, 9.17) is 0 Å². The van der Waals surface area contributed by atoms with Crippen LogP contribution in [0.3, 0.4) is 0 Å². The van der Waals surface area contributed by atoms with E-state index < -0.39 is 0 Å². The average molecular weight is 135 g/mol. The second-order valence-electron chi connectivity index (χ2n) is 1.92. The molecule has 0 fully saturated rings. The van der Waals surface area contributed by atoms with Gasteiger partial charge < -0.3 is 5.23 Å². The molecule has 0 aliphatic heterocycles. The minimum atomic E-state index is 0. The van der Waals surface area contributed by atoms with Crippen LogP contribution in [0.2, 0.25) is 6.32 Å². The zero-order valence-electron chi connectivity index (χ0n) is 6.91. The predicted octanol–water partition coefficient (Wildman–Crippen LogP) is -1.56. The average Bonchev–Trinajstić information content (AvgIpc) is 1.81. The van der Waals surface area contributed by atoms with Gasteiger partial charge in [-0.3, -0.25) is 0 Å². The molecule has 0 amide bonds. The first-order valence-electron chi connectivity index (χ1n) is 3.46. The molecule has 0 aliphatic carbocycles. The fourth-order valence-electron chi connectivity index (χ4n) is 0.525. The van der Waals surface area contributed by atoms with Crippen molar-refractivity contribution in [3.05, 3.63) is 0 Å². The summed E-state index contributed by atoms with van der Waals surface area (Å²) in [5.41, 5.74) is 0. The first kappa shape index (κ1) is 12.7. The van der Waals surface area contributed by atoms with E-state index in [1.54, 1.807) is 0 Å². The standard InChI is InChI=1S/C6H15BN.Na/c1-3-5-6-8-7-4-2;/h8H,3-6H2,1-2H3;/q-1;+1. The van der Waals surface area contributed by atoms with Crippen molar-refractivity contribution in [2.75, 3.05) is 6.54 Å². The van der Waals surface area contributed by atoms with Gasteiger partial charge in [-0.15, -0.1) is 6.92 Å². The number of rotatable bonds is 5. The number of nitrogens with one attached hydrogen (secondary N) is 1. The summed E-state index contributed by atoms with van der Waals surface area (Å²) in [6.45, 7) is 5.48. The quantitative estimate of drug-likeness (QED) is 0.355. The maximum atomic E-state index is 3.21. The van der Waals surface area contributed by atoms with E-state index in [1.807, 2.05) is 0 Å². The predicted molar refractivity (Wildman–Crippen MR) is 39.1 cm³/mol. The molecule has 0 heterocycles. The van der Waals surface area contributed by atoms with E-state index in [0.717, 1.165) is 12.9 Å². The molecule has 1 N–H and O–H groups in total. The minimum absolute atomic E-state index is 0. The summed E-state index contributed by atoms with van der Waals surface area (Å²) in [5.74, 6) is 0. The Hall–Kier alpha value is 1.02. The molecule has 0 rings (SSSR count). The second-order valence-corrected chi connectivity index (χ2v) is 1.92. The van der Waals surface area contributed by atoms with Crippen LogP contribution >= 0.6 is 0 Å². The summed E-state index contributed by atoms with van der Waals surface area (Å²) in [4.78, 5) is 0. The number of hydrogen-bond acceptors (Lipinski definition) is 1. The van der Waals surface area contributed by atoms with Gasteiger partial charge in [-0.1, -0.05) is 13.3 Å². The van der Waals surface area contributed by atoms with Gasteiger partial charge >= 0.3 is 29.6 Å². The molecule has 0 bridgehead atoms. The van der Waals surface area contributed by atoms with Crippen LogP contribution < -0.4 is 34.8 Å². The molecule has 9 heavy (non-hydrogen) atoms. The van der Waals surface area contributed by atoms with Gasteiger partial charge in [0.2, 0.25) is 0 Å². The monoisotopic (exact) mass is 135 g/mol. The number of hydrogen-bond donors (Lipinski definition) is 1. The molecule has 1 nitrogen and oxygen atoms in total. The Morgan fingerprint density at radius 1 is 1.33 bits per heavy atom. The summed E-state index contributed by atoms with van der Waals surface area (Å²) in [6.07, 6.45) is 3.70. The molecule has 0 aromatic heterocycles. The van der Waals surface area contributed by atoms with Gasteiger partial charge in [0, 0.05) is 0 Å². The summed E-state index contributed by atoms with van der Waals surface area (Å²) >= 11 is 0. The summed E-state index contributed by atoms with van der Waals surface area (Å²) in [7, 11) is 2.11. The van der Waals surface area contributed by atoms with Crippen molar-refractivity contribution in [3.63, 3.8) is 0 Å². The van der Waals surface area contributed by atoms with Crippen molar-refractivity contribution in [2.45, 2.75) is 33.0 Å². The van der Waals surface area contributed by atoms with E-state index in [2.05, 4.69) is 26.5 Å².